The molecule has 2 rings (SSSR count). The Morgan fingerprint density at radius 1 is 1.03 bits per heavy atom. The molecule has 176 valence electrons. The Bertz CT molecular complexity index is 915. The molecule has 0 aliphatic carbocycles. The first-order chi connectivity index (χ1) is 15.0. The minimum atomic E-state index is -4.52. The molecule has 32 heavy (non-hydrogen) atoms. The molecule has 2 nitrogen and oxygen atoms in total. The molecule has 1 N–H and O–H groups in total. The zero-order valence-electron chi connectivity index (χ0n) is 19.8. The van der Waals surface area contributed by atoms with Gasteiger partial charge in [0.2, 0.25) is 0 Å². The summed E-state index contributed by atoms with van der Waals surface area (Å²) in [7, 11) is 0. The van der Waals surface area contributed by atoms with Crippen molar-refractivity contribution in [2.75, 3.05) is 6.54 Å². The van der Waals surface area contributed by atoms with Gasteiger partial charge in [0.1, 0.15) is 11.4 Å². The second-order valence-electron chi connectivity index (χ2n) is 8.04. The number of hydrogen-bond donors (Lipinski definition) is 1. The lowest BCUT2D eigenvalue weighted by molar-refractivity contribution is -0.200. The average molecular weight is 451 g/mol. The summed E-state index contributed by atoms with van der Waals surface area (Å²) in [6, 6.07) is 11.0. The molecular weight excluding hydrogens is 416 g/mol. The lowest BCUT2D eigenvalue weighted by atomic mass is 9.78. The van der Waals surface area contributed by atoms with Crippen LogP contribution in [0.1, 0.15) is 74.3 Å². The van der Waals surface area contributed by atoms with E-state index in [-0.39, 0.29) is 19.4 Å². The molecule has 0 aliphatic rings. The fourth-order valence-corrected chi connectivity index (χ4v) is 3.95. The molecule has 0 fully saturated rings. The summed E-state index contributed by atoms with van der Waals surface area (Å²) < 4.78 is 57.4. The van der Waals surface area contributed by atoms with E-state index in [4.69, 9.17) is 5.26 Å². The molecule has 2 atom stereocenters. The number of rotatable bonds is 8. The van der Waals surface area contributed by atoms with Crippen LogP contribution >= 0.6 is 0 Å². The molecule has 0 amide bonds. The van der Waals surface area contributed by atoms with Crippen molar-refractivity contribution in [1.82, 2.24) is 5.32 Å². The summed E-state index contributed by atoms with van der Waals surface area (Å²) in [4.78, 5) is 0. The van der Waals surface area contributed by atoms with Crippen molar-refractivity contribution in [3.63, 3.8) is 0 Å². The van der Waals surface area contributed by atoms with Crippen LogP contribution in [0.2, 0.25) is 0 Å². The van der Waals surface area contributed by atoms with E-state index in [1.54, 1.807) is 45.0 Å². The average Bonchev–Trinajstić information content (AvgIpc) is 2.75. The third-order valence-corrected chi connectivity index (χ3v) is 5.65. The summed E-state index contributed by atoms with van der Waals surface area (Å²) in [5.41, 5.74) is 0.788. The maximum absolute atomic E-state index is 14.5. The van der Waals surface area contributed by atoms with E-state index >= 15 is 0 Å². The quantitative estimate of drug-likeness (QED) is 0.426. The number of hydrogen-bond acceptors (Lipinski definition) is 2. The fraction of sp³-hybridized carbons (Fsp3) is 0.500. The summed E-state index contributed by atoms with van der Waals surface area (Å²) >= 11 is 0. The number of nitrogens with one attached hydrogen (secondary N) is 1. The van der Waals surface area contributed by atoms with E-state index in [0.717, 1.165) is 5.56 Å². The highest BCUT2D eigenvalue weighted by molar-refractivity contribution is 5.39. The second-order valence-corrected chi connectivity index (χ2v) is 8.04. The standard InChI is InChI=1S/C24H28F4N2.C2H6/c1-5-10-30-23(24(26,27)28,14-20-8-7-19(15-29)11-17(20)3)13-18(4)22-12-21(25)9-6-16(22)2;1-2/h6-9,11-12,18,30H,5,10,13-14H2,1-4H3;1-2H3. The molecule has 0 spiro atoms. The first kappa shape index (κ1) is 27.6. The van der Waals surface area contributed by atoms with Crippen molar-refractivity contribution >= 4 is 0 Å². The summed E-state index contributed by atoms with van der Waals surface area (Å²) in [5, 5.41) is 11.8. The van der Waals surface area contributed by atoms with Crippen molar-refractivity contribution in [3.05, 3.63) is 70.0 Å². The van der Waals surface area contributed by atoms with Crippen LogP contribution in [0.25, 0.3) is 0 Å². The lowest BCUT2D eigenvalue weighted by Gasteiger charge is -2.39. The van der Waals surface area contributed by atoms with Crippen molar-refractivity contribution < 1.29 is 17.6 Å². The number of nitrogens with zero attached hydrogens (tertiary/aromatic N) is 1. The van der Waals surface area contributed by atoms with Gasteiger partial charge in [0.05, 0.1) is 11.6 Å². The van der Waals surface area contributed by atoms with Crippen molar-refractivity contribution in [1.29, 1.82) is 5.26 Å². The van der Waals surface area contributed by atoms with Crippen molar-refractivity contribution in [2.24, 2.45) is 0 Å². The molecule has 6 heteroatoms. The Hall–Kier alpha value is -2.39. The SMILES string of the molecule is CC.CCCNC(Cc1ccc(C#N)cc1C)(CC(C)c1cc(F)ccc1C)C(F)(F)F. The molecular formula is C26H34F4N2. The van der Waals surface area contributed by atoms with E-state index < -0.39 is 23.5 Å². The summed E-state index contributed by atoms with van der Waals surface area (Å²) in [5.74, 6) is -0.963. The largest absolute Gasteiger partial charge is 0.406 e. The molecule has 2 unspecified atom stereocenters. The Balaban J connectivity index is 0.00000249. The molecule has 0 saturated heterocycles. The maximum atomic E-state index is 14.5. The third kappa shape index (κ3) is 6.80. The first-order valence-corrected chi connectivity index (χ1v) is 11.1. The summed E-state index contributed by atoms with van der Waals surface area (Å²) in [6.07, 6.45) is -4.44. The van der Waals surface area contributed by atoms with Gasteiger partial charge in [0.15, 0.2) is 0 Å². The van der Waals surface area contributed by atoms with Crippen molar-refractivity contribution in [3.8, 4) is 6.07 Å². The molecule has 2 aromatic carbocycles. The highest BCUT2D eigenvalue weighted by Crippen LogP contribution is 2.41. The Labute approximate surface area is 189 Å². The predicted octanol–water partition coefficient (Wildman–Crippen LogP) is 7.38. The van der Waals surface area contributed by atoms with Gasteiger partial charge in [0.25, 0.3) is 0 Å². The van der Waals surface area contributed by atoms with Gasteiger partial charge < -0.3 is 5.32 Å². The van der Waals surface area contributed by atoms with Gasteiger partial charge in [-0.1, -0.05) is 39.8 Å². The molecule has 0 saturated carbocycles. The van der Waals surface area contributed by atoms with Crippen LogP contribution in [0.5, 0.6) is 0 Å². The van der Waals surface area contributed by atoms with Gasteiger partial charge in [-0.05, 0) is 92.1 Å². The Morgan fingerprint density at radius 3 is 2.22 bits per heavy atom. The van der Waals surface area contributed by atoms with E-state index in [0.29, 0.717) is 28.7 Å². The van der Waals surface area contributed by atoms with Gasteiger partial charge in [-0.15, -0.1) is 0 Å². The molecule has 0 aliphatic heterocycles. The third-order valence-electron chi connectivity index (χ3n) is 5.65. The lowest BCUT2D eigenvalue weighted by Crippen LogP contribution is -2.59. The van der Waals surface area contributed by atoms with Crippen LogP contribution in [0.4, 0.5) is 17.6 Å². The smallest absolute Gasteiger partial charge is 0.303 e. The minimum absolute atomic E-state index is 0.212. The predicted molar refractivity (Wildman–Crippen MR) is 122 cm³/mol. The zero-order chi connectivity index (χ0) is 24.5. The van der Waals surface area contributed by atoms with Gasteiger partial charge >= 0.3 is 6.18 Å². The van der Waals surface area contributed by atoms with Gasteiger partial charge in [0, 0.05) is 0 Å². The van der Waals surface area contributed by atoms with Crippen LogP contribution in [0.3, 0.4) is 0 Å². The first-order valence-electron chi connectivity index (χ1n) is 11.1. The second kappa shape index (κ2) is 12.0. The summed E-state index contributed by atoms with van der Waals surface area (Å²) in [6.45, 7) is 11.2. The normalized spacial score (nSPS) is 14.0. The minimum Gasteiger partial charge on any atom is -0.303 e. The Morgan fingerprint density at radius 2 is 1.69 bits per heavy atom. The number of benzene rings is 2. The van der Waals surface area contributed by atoms with Crippen LogP contribution < -0.4 is 5.32 Å². The van der Waals surface area contributed by atoms with Gasteiger partial charge in [-0.3, -0.25) is 0 Å². The van der Waals surface area contributed by atoms with Crippen LogP contribution in [0, 0.1) is 31.0 Å². The van der Waals surface area contributed by atoms with Crippen LogP contribution in [-0.4, -0.2) is 18.3 Å². The maximum Gasteiger partial charge on any atom is 0.406 e. The number of aryl methyl sites for hydroxylation is 2. The van der Waals surface area contributed by atoms with Crippen molar-refractivity contribution in [2.45, 2.75) is 78.4 Å². The topological polar surface area (TPSA) is 35.8 Å². The van der Waals surface area contributed by atoms with Gasteiger partial charge in [-0.2, -0.15) is 18.4 Å². The Kier molecular flexibility index (Phi) is 10.4. The monoisotopic (exact) mass is 450 g/mol. The molecule has 0 aromatic heterocycles. The molecule has 0 heterocycles. The van der Waals surface area contributed by atoms with Crippen LogP contribution in [-0.2, 0) is 6.42 Å². The van der Waals surface area contributed by atoms with Gasteiger partial charge in [-0.25, -0.2) is 4.39 Å². The van der Waals surface area contributed by atoms with E-state index in [1.165, 1.54) is 12.1 Å². The number of alkyl halides is 3. The highest BCUT2D eigenvalue weighted by Gasteiger charge is 2.54. The molecule has 0 bridgehead atoms. The van der Waals surface area contributed by atoms with Crippen LogP contribution in [0.15, 0.2) is 36.4 Å². The molecule has 2 aromatic rings. The fourth-order valence-electron chi connectivity index (χ4n) is 3.95. The number of halogens is 4. The number of nitriles is 1. The zero-order valence-corrected chi connectivity index (χ0v) is 19.8. The van der Waals surface area contributed by atoms with E-state index in [2.05, 4.69) is 5.32 Å². The molecule has 0 radical (unpaired) electrons. The van der Waals surface area contributed by atoms with E-state index in [1.807, 2.05) is 26.8 Å². The highest BCUT2D eigenvalue weighted by atomic mass is 19.4. The van der Waals surface area contributed by atoms with E-state index in [9.17, 15) is 17.6 Å².